The lowest BCUT2D eigenvalue weighted by Gasteiger charge is -2.31. The maximum absolute atomic E-state index is 13.8. The summed E-state index contributed by atoms with van der Waals surface area (Å²) in [4.78, 5) is 38.5. The molecule has 1 atom stereocenters. The molecule has 3 aromatic carbocycles. The third-order valence-corrected chi connectivity index (χ3v) is 7.17. The number of nitrogens with one attached hydrogen (secondary N) is 1. The maximum Gasteiger partial charge on any atom is 0.331 e. The van der Waals surface area contributed by atoms with Crippen LogP contribution in [0.4, 0.5) is 11.4 Å². The number of hydrogen-bond donors (Lipinski definition) is 1. The molecule has 6 rings (SSSR count). The number of aryl methyl sites for hydroxylation is 2. The van der Waals surface area contributed by atoms with E-state index in [0.29, 0.717) is 27.9 Å². The summed E-state index contributed by atoms with van der Waals surface area (Å²) in [6.45, 7) is 1.97. The van der Waals surface area contributed by atoms with Crippen LogP contribution in [0, 0.1) is 17.0 Å². The van der Waals surface area contributed by atoms with Crippen LogP contribution in [0.15, 0.2) is 82.4 Å². The summed E-state index contributed by atoms with van der Waals surface area (Å²) < 4.78 is 4.55. The Morgan fingerprint density at radius 1 is 0.892 bits per heavy atom. The van der Waals surface area contributed by atoms with Crippen molar-refractivity contribution < 1.29 is 4.92 Å². The number of hydrogen-bond acceptors (Lipinski definition) is 5. The molecule has 0 saturated heterocycles. The molecule has 9 heteroatoms. The highest BCUT2D eigenvalue weighted by Gasteiger charge is 2.37. The first-order valence-corrected chi connectivity index (χ1v) is 11.8. The highest BCUT2D eigenvalue weighted by molar-refractivity contribution is 6.00. The largest absolute Gasteiger partial charge is 0.371 e. The van der Waals surface area contributed by atoms with Crippen molar-refractivity contribution in [1.29, 1.82) is 0 Å². The van der Waals surface area contributed by atoms with E-state index in [2.05, 4.69) is 5.32 Å². The first kappa shape index (κ1) is 22.5. The Morgan fingerprint density at radius 3 is 2.32 bits per heavy atom. The van der Waals surface area contributed by atoms with Gasteiger partial charge >= 0.3 is 5.69 Å². The maximum atomic E-state index is 13.8. The quantitative estimate of drug-likeness (QED) is 0.296. The molecule has 1 unspecified atom stereocenters. The van der Waals surface area contributed by atoms with Gasteiger partial charge in [0.05, 0.1) is 44.2 Å². The summed E-state index contributed by atoms with van der Waals surface area (Å²) in [7, 11) is 3.09. The van der Waals surface area contributed by atoms with Crippen LogP contribution in [0.3, 0.4) is 0 Å². The summed E-state index contributed by atoms with van der Waals surface area (Å²) in [6, 6.07) is 21.2. The monoisotopic (exact) mass is 493 g/mol. The van der Waals surface area contributed by atoms with Crippen molar-refractivity contribution in [1.82, 2.24) is 13.7 Å². The highest BCUT2D eigenvalue weighted by Crippen LogP contribution is 2.47. The van der Waals surface area contributed by atoms with Gasteiger partial charge in [-0.3, -0.25) is 24.0 Å². The molecular weight excluding hydrogens is 470 g/mol. The molecule has 3 heterocycles. The van der Waals surface area contributed by atoms with Crippen LogP contribution in [0.1, 0.15) is 22.9 Å². The van der Waals surface area contributed by atoms with Crippen molar-refractivity contribution in [2.75, 3.05) is 5.32 Å². The first-order chi connectivity index (χ1) is 17.8. The number of nitro benzene ring substituents is 1. The fraction of sp³-hybridized carbons (Fsp3) is 0.143. The van der Waals surface area contributed by atoms with E-state index < -0.39 is 22.2 Å². The zero-order valence-electron chi connectivity index (χ0n) is 20.4. The number of fused-ring (bicyclic) bond motifs is 5. The Morgan fingerprint density at radius 2 is 1.57 bits per heavy atom. The van der Waals surface area contributed by atoms with Crippen molar-refractivity contribution in [3.8, 4) is 16.9 Å². The Kier molecular flexibility index (Phi) is 4.91. The zero-order chi connectivity index (χ0) is 26.0. The molecule has 1 aliphatic rings. The SMILES string of the molecule is Cc1ccccc1-c1c2c(=O)n(C)c(=O)n(C)c2c2n1-c1ccccc1NC2c1ccccc1[N+](=O)[O-]. The highest BCUT2D eigenvalue weighted by atomic mass is 16.6. The van der Waals surface area contributed by atoms with Gasteiger partial charge in [0.1, 0.15) is 6.04 Å². The number of benzene rings is 3. The standard InChI is InChI=1S/C28H23N5O4/c1-16-10-4-5-11-17(16)24-22-25(30(2)28(35)31(3)27(22)34)26-23(18-12-6-8-14-20(18)33(36)37)29-19-13-7-9-15-21(19)32(24)26/h4-15,23,29H,1-3H3. The second kappa shape index (κ2) is 8.06. The average molecular weight is 494 g/mol. The summed E-state index contributed by atoms with van der Waals surface area (Å²) in [5.74, 6) is 0. The molecule has 5 aromatic rings. The van der Waals surface area contributed by atoms with Crippen molar-refractivity contribution in [2.24, 2.45) is 14.1 Å². The fourth-order valence-electron chi connectivity index (χ4n) is 5.44. The van der Waals surface area contributed by atoms with E-state index in [1.807, 2.05) is 60.0 Å². The molecule has 0 spiro atoms. The van der Waals surface area contributed by atoms with Gasteiger partial charge in [-0.2, -0.15) is 0 Å². The van der Waals surface area contributed by atoms with E-state index >= 15 is 0 Å². The van der Waals surface area contributed by atoms with Crippen molar-refractivity contribution in [3.05, 3.63) is 121 Å². The predicted octanol–water partition coefficient (Wildman–Crippen LogP) is 4.43. The predicted molar refractivity (Wildman–Crippen MR) is 142 cm³/mol. The van der Waals surface area contributed by atoms with E-state index in [9.17, 15) is 19.7 Å². The molecule has 37 heavy (non-hydrogen) atoms. The van der Waals surface area contributed by atoms with Gasteiger partial charge in [-0.05, 0) is 30.7 Å². The third-order valence-electron chi connectivity index (χ3n) is 7.17. The minimum atomic E-state index is -0.700. The van der Waals surface area contributed by atoms with Gasteiger partial charge in [0.15, 0.2) is 0 Å². The van der Waals surface area contributed by atoms with Gasteiger partial charge in [-0.1, -0.05) is 48.5 Å². The minimum Gasteiger partial charge on any atom is -0.371 e. The van der Waals surface area contributed by atoms with E-state index in [4.69, 9.17) is 0 Å². The number of rotatable bonds is 3. The number of nitrogens with zero attached hydrogens (tertiary/aromatic N) is 4. The molecule has 0 aliphatic carbocycles. The van der Waals surface area contributed by atoms with Crippen LogP contribution in [0.5, 0.6) is 0 Å². The molecule has 9 nitrogen and oxygen atoms in total. The van der Waals surface area contributed by atoms with Gasteiger partial charge in [0.2, 0.25) is 0 Å². The van der Waals surface area contributed by atoms with Gasteiger partial charge in [0.25, 0.3) is 11.2 Å². The van der Waals surface area contributed by atoms with E-state index in [1.54, 1.807) is 25.2 Å². The van der Waals surface area contributed by atoms with Crippen LogP contribution < -0.4 is 16.6 Å². The van der Waals surface area contributed by atoms with Crippen LogP contribution in [-0.4, -0.2) is 18.6 Å². The summed E-state index contributed by atoms with van der Waals surface area (Å²) in [5.41, 5.74) is 4.53. The molecule has 0 radical (unpaired) electrons. The number of nitro groups is 1. The lowest BCUT2D eigenvalue weighted by molar-refractivity contribution is -0.385. The first-order valence-electron chi connectivity index (χ1n) is 11.8. The summed E-state index contributed by atoms with van der Waals surface area (Å²) in [6.07, 6.45) is 0. The van der Waals surface area contributed by atoms with E-state index in [1.165, 1.54) is 17.7 Å². The third kappa shape index (κ3) is 3.10. The van der Waals surface area contributed by atoms with E-state index in [0.717, 1.165) is 27.1 Å². The van der Waals surface area contributed by atoms with Crippen LogP contribution in [0.25, 0.3) is 27.8 Å². The molecule has 0 amide bonds. The molecule has 0 fully saturated rings. The molecule has 1 N–H and O–H groups in total. The Balaban J connectivity index is 1.89. The fourth-order valence-corrected chi connectivity index (χ4v) is 5.44. The van der Waals surface area contributed by atoms with Gasteiger partial charge in [-0.15, -0.1) is 0 Å². The zero-order valence-corrected chi connectivity index (χ0v) is 20.4. The Hall–Kier alpha value is -4.92. The van der Waals surface area contributed by atoms with Crippen molar-refractivity contribution in [2.45, 2.75) is 13.0 Å². The van der Waals surface area contributed by atoms with Crippen LogP contribution in [0.2, 0.25) is 0 Å². The van der Waals surface area contributed by atoms with Crippen molar-refractivity contribution >= 4 is 22.3 Å². The topological polar surface area (TPSA) is 104 Å². The van der Waals surface area contributed by atoms with Gasteiger partial charge in [0, 0.05) is 25.7 Å². The number of aromatic nitrogens is 3. The van der Waals surface area contributed by atoms with E-state index in [-0.39, 0.29) is 5.69 Å². The van der Waals surface area contributed by atoms with Crippen molar-refractivity contribution in [3.63, 3.8) is 0 Å². The Bertz CT molecular complexity index is 1880. The number of para-hydroxylation sites is 3. The lowest BCUT2D eigenvalue weighted by Crippen LogP contribution is -2.37. The molecule has 2 aromatic heterocycles. The molecule has 184 valence electrons. The molecular formula is C28H23N5O4. The van der Waals surface area contributed by atoms with Gasteiger partial charge in [-0.25, -0.2) is 4.79 Å². The van der Waals surface area contributed by atoms with Crippen LogP contribution >= 0.6 is 0 Å². The Labute approximate surface area is 211 Å². The van der Waals surface area contributed by atoms with Gasteiger partial charge < -0.3 is 9.88 Å². The lowest BCUT2D eigenvalue weighted by atomic mass is 9.98. The second-order valence-corrected chi connectivity index (χ2v) is 9.22. The smallest absolute Gasteiger partial charge is 0.331 e. The minimum absolute atomic E-state index is 0.0495. The average Bonchev–Trinajstić information content (AvgIpc) is 3.27. The molecule has 0 bridgehead atoms. The van der Waals surface area contributed by atoms with Crippen LogP contribution in [-0.2, 0) is 14.1 Å². The number of anilines is 1. The molecule has 1 aliphatic heterocycles. The second-order valence-electron chi connectivity index (χ2n) is 9.22. The molecule has 0 saturated carbocycles. The summed E-state index contributed by atoms with van der Waals surface area (Å²) >= 11 is 0. The summed E-state index contributed by atoms with van der Waals surface area (Å²) in [5, 5.41) is 15.9. The normalized spacial score (nSPS) is 14.2.